The van der Waals surface area contributed by atoms with Gasteiger partial charge in [0.1, 0.15) is 6.04 Å². The van der Waals surface area contributed by atoms with Gasteiger partial charge in [0.15, 0.2) is 0 Å². The summed E-state index contributed by atoms with van der Waals surface area (Å²) in [6, 6.07) is 6.85. The molecule has 5 heteroatoms. The lowest BCUT2D eigenvalue weighted by Gasteiger charge is -2.36. The van der Waals surface area contributed by atoms with Crippen molar-refractivity contribution in [1.29, 1.82) is 0 Å². The normalized spacial score (nSPS) is 18.2. The number of amides is 1. The van der Waals surface area contributed by atoms with E-state index in [2.05, 4.69) is 0 Å². The molecule has 1 aromatic rings. The Labute approximate surface area is 124 Å². The molecule has 1 aromatic carbocycles. The fraction of sp³-hybridized carbons (Fsp3) is 0.500. The Balaban J connectivity index is 2.24. The van der Waals surface area contributed by atoms with Crippen LogP contribution in [0.5, 0.6) is 0 Å². The summed E-state index contributed by atoms with van der Waals surface area (Å²) in [6.07, 6.45) is 0.514. The molecule has 114 valence electrons. The van der Waals surface area contributed by atoms with Crippen molar-refractivity contribution in [2.75, 3.05) is 7.11 Å². The molecular formula is C16H21NO4. The molecule has 1 amide bonds. The van der Waals surface area contributed by atoms with Crippen molar-refractivity contribution < 1.29 is 19.4 Å². The van der Waals surface area contributed by atoms with E-state index in [-0.39, 0.29) is 12.3 Å². The number of fused-ring (bicyclic) bond motifs is 1. The van der Waals surface area contributed by atoms with E-state index >= 15 is 0 Å². The van der Waals surface area contributed by atoms with Crippen LogP contribution >= 0.6 is 0 Å². The molecular weight excluding hydrogens is 270 g/mol. The molecule has 1 aliphatic heterocycles. The SMILES string of the molecule is COC(C)(C)CC(=O)N1Cc2ccccc2CC1C(=O)O. The van der Waals surface area contributed by atoms with Crippen LogP contribution in [0.4, 0.5) is 0 Å². The van der Waals surface area contributed by atoms with E-state index in [0.29, 0.717) is 13.0 Å². The first-order valence-corrected chi connectivity index (χ1v) is 6.98. The van der Waals surface area contributed by atoms with E-state index in [0.717, 1.165) is 11.1 Å². The second kappa shape index (κ2) is 5.85. The summed E-state index contributed by atoms with van der Waals surface area (Å²) in [5.41, 5.74) is 1.41. The van der Waals surface area contributed by atoms with Crippen molar-refractivity contribution in [2.24, 2.45) is 0 Å². The highest BCUT2D eigenvalue weighted by molar-refractivity contribution is 5.85. The molecule has 0 saturated heterocycles. The molecule has 21 heavy (non-hydrogen) atoms. The number of hydrogen-bond acceptors (Lipinski definition) is 3. The van der Waals surface area contributed by atoms with E-state index in [1.165, 1.54) is 4.90 Å². The number of carboxylic acids is 1. The molecule has 1 unspecified atom stereocenters. The maximum Gasteiger partial charge on any atom is 0.326 e. The van der Waals surface area contributed by atoms with Gasteiger partial charge >= 0.3 is 5.97 Å². The Morgan fingerprint density at radius 3 is 2.52 bits per heavy atom. The maximum absolute atomic E-state index is 12.5. The van der Waals surface area contributed by atoms with Gasteiger partial charge in [0.05, 0.1) is 12.0 Å². The summed E-state index contributed by atoms with van der Waals surface area (Å²) >= 11 is 0. The summed E-state index contributed by atoms with van der Waals surface area (Å²) < 4.78 is 5.27. The summed E-state index contributed by atoms with van der Waals surface area (Å²) in [6.45, 7) is 3.98. The quantitative estimate of drug-likeness (QED) is 0.919. The zero-order valence-corrected chi connectivity index (χ0v) is 12.6. The molecule has 1 heterocycles. The van der Waals surface area contributed by atoms with Crippen molar-refractivity contribution in [3.8, 4) is 0 Å². The van der Waals surface area contributed by atoms with Crippen LogP contribution < -0.4 is 0 Å². The van der Waals surface area contributed by atoms with Gasteiger partial charge in [-0.2, -0.15) is 0 Å². The predicted molar refractivity (Wildman–Crippen MR) is 77.8 cm³/mol. The minimum absolute atomic E-state index is 0.162. The Bertz CT molecular complexity index is 553. The molecule has 1 atom stereocenters. The average molecular weight is 291 g/mol. The van der Waals surface area contributed by atoms with Gasteiger partial charge in [0, 0.05) is 20.1 Å². The topological polar surface area (TPSA) is 66.8 Å². The minimum atomic E-state index is -0.965. The highest BCUT2D eigenvalue weighted by Crippen LogP contribution is 2.26. The van der Waals surface area contributed by atoms with Crippen LogP contribution in [0.15, 0.2) is 24.3 Å². The Morgan fingerprint density at radius 1 is 1.33 bits per heavy atom. The third-order valence-electron chi connectivity index (χ3n) is 3.98. The predicted octanol–water partition coefficient (Wildman–Crippen LogP) is 1.84. The van der Waals surface area contributed by atoms with Gasteiger partial charge in [-0.1, -0.05) is 24.3 Å². The molecule has 1 N–H and O–H groups in total. The van der Waals surface area contributed by atoms with Crippen LogP contribution in [0, 0.1) is 0 Å². The average Bonchev–Trinajstić information content (AvgIpc) is 2.45. The van der Waals surface area contributed by atoms with Crippen LogP contribution in [0.25, 0.3) is 0 Å². The number of ether oxygens (including phenoxy) is 1. The van der Waals surface area contributed by atoms with Gasteiger partial charge in [-0.15, -0.1) is 0 Å². The molecule has 0 radical (unpaired) electrons. The highest BCUT2D eigenvalue weighted by Gasteiger charge is 2.36. The monoisotopic (exact) mass is 291 g/mol. The summed E-state index contributed by atoms with van der Waals surface area (Å²) in [7, 11) is 1.55. The molecule has 0 spiro atoms. The van der Waals surface area contributed by atoms with Crippen LogP contribution in [-0.2, 0) is 27.3 Å². The largest absolute Gasteiger partial charge is 0.480 e. The molecule has 0 saturated carbocycles. The zero-order valence-electron chi connectivity index (χ0n) is 12.6. The lowest BCUT2D eigenvalue weighted by atomic mass is 9.92. The molecule has 0 aromatic heterocycles. The standard InChI is InChI=1S/C16H21NO4/c1-16(2,21-3)9-14(18)17-10-12-7-5-4-6-11(12)8-13(17)15(19)20/h4-7,13H,8-10H2,1-3H3,(H,19,20). The molecule has 2 rings (SSSR count). The smallest absolute Gasteiger partial charge is 0.326 e. The number of nitrogens with zero attached hydrogens (tertiary/aromatic N) is 1. The van der Waals surface area contributed by atoms with Gasteiger partial charge in [-0.3, -0.25) is 4.79 Å². The zero-order chi connectivity index (χ0) is 15.6. The fourth-order valence-corrected chi connectivity index (χ4v) is 2.54. The van der Waals surface area contributed by atoms with Gasteiger partial charge in [-0.05, 0) is 25.0 Å². The lowest BCUT2D eigenvalue weighted by Crippen LogP contribution is -2.50. The molecule has 0 bridgehead atoms. The Morgan fingerprint density at radius 2 is 1.95 bits per heavy atom. The van der Waals surface area contributed by atoms with Crippen molar-refractivity contribution >= 4 is 11.9 Å². The third kappa shape index (κ3) is 3.42. The number of benzene rings is 1. The number of aliphatic carboxylic acids is 1. The Hall–Kier alpha value is -1.88. The lowest BCUT2D eigenvalue weighted by molar-refractivity contribution is -0.153. The molecule has 0 fully saturated rings. The van der Waals surface area contributed by atoms with Crippen molar-refractivity contribution in [3.05, 3.63) is 35.4 Å². The second-order valence-corrected chi connectivity index (χ2v) is 5.99. The number of carbonyl (C=O) groups is 2. The van der Waals surface area contributed by atoms with E-state index in [1.807, 2.05) is 38.1 Å². The highest BCUT2D eigenvalue weighted by atomic mass is 16.5. The van der Waals surface area contributed by atoms with Crippen molar-refractivity contribution in [2.45, 2.75) is 44.9 Å². The number of rotatable bonds is 4. The van der Waals surface area contributed by atoms with Gasteiger partial charge in [-0.25, -0.2) is 4.79 Å². The van der Waals surface area contributed by atoms with Crippen LogP contribution in [-0.4, -0.2) is 40.6 Å². The first kappa shape index (κ1) is 15.5. The van der Waals surface area contributed by atoms with E-state index < -0.39 is 17.6 Å². The fourth-order valence-electron chi connectivity index (χ4n) is 2.54. The van der Waals surface area contributed by atoms with E-state index in [1.54, 1.807) is 7.11 Å². The van der Waals surface area contributed by atoms with Crippen LogP contribution in [0.2, 0.25) is 0 Å². The van der Waals surface area contributed by atoms with Gasteiger partial charge in [0.2, 0.25) is 5.91 Å². The summed E-state index contributed by atoms with van der Waals surface area (Å²) in [5, 5.41) is 9.41. The molecule has 0 aliphatic carbocycles. The molecule has 1 aliphatic rings. The number of carbonyl (C=O) groups excluding carboxylic acids is 1. The van der Waals surface area contributed by atoms with Gasteiger partial charge in [0.25, 0.3) is 0 Å². The van der Waals surface area contributed by atoms with E-state index in [4.69, 9.17) is 4.74 Å². The van der Waals surface area contributed by atoms with Crippen molar-refractivity contribution in [1.82, 2.24) is 4.90 Å². The third-order valence-corrected chi connectivity index (χ3v) is 3.98. The first-order valence-electron chi connectivity index (χ1n) is 6.98. The van der Waals surface area contributed by atoms with Crippen LogP contribution in [0.1, 0.15) is 31.4 Å². The maximum atomic E-state index is 12.5. The first-order chi connectivity index (χ1) is 9.84. The Kier molecular flexibility index (Phi) is 4.32. The second-order valence-electron chi connectivity index (χ2n) is 5.99. The summed E-state index contributed by atoms with van der Waals surface area (Å²) in [4.78, 5) is 25.4. The molecule has 5 nitrogen and oxygen atoms in total. The van der Waals surface area contributed by atoms with Gasteiger partial charge < -0.3 is 14.7 Å². The van der Waals surface area contributed by atoms with Crippen molar-refractivity contribution in [3.63, 3.8) is 0 Å². The number of methoxy groups -OCH3 is 1. The van der Waals surface area contributed by atoms with Crippen LogP contribution in [0.3, 0.4) is 0 Å². The summed E-state index contributed by atoms with van der Waals surface area (Å²) in [5.74, 6) is -1.16. The number of hydrogen-bond donors (Lipinski definition) is 1. The van der Waals surface area contributed by atoms with E-state index in [9.17, 15) is 14.7 Å². The minimum Gasteiger partial charge on any atom is -0.480 e. The number of carboxylic acid groups (broad SMARTS) is 1.